The Hall–Kier alpha value is -6.44. The third-order valence-corrected chi connectivity index (χ3v) is 11.8. The zero-order chi connectivity index (χ0) is 34.2. The molecule has 1 heteroatoms. The molecule has 52 heavy (non-hydrogen) atoms. The molecular formula is C51H35N. The largest absolute Gasteiger partial charge is 0.363 e. The minimum atomic E-state index is -0.316. The van der Waals surface area contributed by atoms with Gasteiger partial charge in [-0.3, -0.25) is 0 Å². The molecule has 0 radical (unpaired) electrons. The van der Waals surface area contributed by atoms with Gasteiger partial charge in [-0.05, 0) is 106 Å². The summed E-state index contributed by atoms with van der Waals surface area (Å²) in [5, 5.41) is 7.91. The van der Waals surface area contributed by atoms with Gasteiger partial charge in [0.2, 0.25) is 0 Å². The molecule has 9 aromatic carbocycles. The summed E-state index contributed by atoms with van der Waals surface area (Å²) >= 11 is 0. The molecule has 0 unspecified atom stereocenters. The molecule has 0 N–H and O–H groups in total. The van der Waals surface area contributed by atoms with Crippen molar-refractivity contribution in [3.05, 3.63) is 221 Å². The highest BCUT2D eigenvalue weighted by Crippen LogP contribution is 2.62. The molecular weight excluding hydrogens is 627 g/mol. The summed E-state index contributed by atoms with van der Waals surface area (Å²) in [7, 11) is 0. The van der Waals surface area contributed by atoms with Crippen LogP contribution in [0.3, 0.4) is 0 Å². The van der Waals surface area contributed by atoms with Crippen LogP contribution in [0.5, 0.6) is 0 Å². The SMILES string of the molecule is c1ccc(N(Cc2ccc3c(c2)-c2ccccc2C32c3ccccc3-c3ccccc32)Cc2cccc3c4ccccc4c4ccccc4c23)cc1. The summed E-state index contributed by atoms with van der Waals surface area (Å²) in [4.78, 5) is 2.55. The van der Waals surface area contributed by atoms with E-state index in [1.54, 1.807) is 0 Å². The number of hydrogen-bond donors (Lipinski definition) is 0. The van der Waals surface area contributed by atoms with E-state index in [9.17, 15) is 0 Å². The predicted molar refractivity (Wildman–Crippen MR) is 218 cm³/mol. The van der Waals surface area contributed by atoms with E-state index in [1.807, 2.05) is 0 Å². The van der Waals surface area contributed by atoms with Crippen LogP contribution < -0.4 is 4.90 Å². The number of nitrogens with zero attached hydrogens (tertiary/aromatic N) is 1. The molecule has 0 aromatic heterocycles. The highest BCUT2D eigenvalue weighted by Gasteiger charge is 2.51. The average molecular weight is 662 g/mol. The Morgan fingerprint density at radius 3 is 1.42 bits per heavy atom. The average Bonchev–Trinajstić information content (AvgIpc) is 3.68. The Morgan fingerprint density at radius 2 is 0.808 bits per heavy atom. The van der Waals surface area contributed by atoms with Crippen LogP contribution in [0.25, 0.3) is 54.6 Å². The van der Waals surface area contributed by atoms with Gasteiger partial charge in [0.1, 0.15) is 0 Å². The number of hydrogen-bond acceptors (Lipinski definition) is 1. The number of benzene rings is 9. The highest BCUT2D eigenvalue weighted by molar-refractivity contribution is 6.26. The van der Waals surface area contributed by atoms with Gasteiger partial charge in [0.25, 0.3) is 0 Å². The molecule has 0 saturated carbocycles. The standard InChI is InChI=1S/C51H35N/c1-2-16-36(17-3-1)52(33-35-15-14-25-44-39-19-5-4-18-37(39)38-20-6-7-24-43(38)50(35)44)32-34-29-30-49-45(31-34)42-23-10-13-28-48(42)51(49)46-26-11-8-21-40(46)41-22-9-12-27-47(41)51/h1-31H,32-33H2. The fraction of sp³-hybridized carbons (Fsp3) is 0.0588. The van der Waals surface area contributed by atoms with Crippen LogP contribution in [-0.4, -0.2) is 0 Å². The predicted octanol–water partition coefficient (Wildman–Crippen LogP) is 12.7. The van der Waals surface area contributed by atoms with Crippen LogP contribution >= 0.6 is 0 Å². The van der Waals surface area contributed by atoms with Gasteiger partial charge in [-0.1, -0.05) is 170 Å². The van der Waals surface area contributed by atoms with Crippen molar-refractivity contribution < 1.29 is 0 Å². The minimum Gasteiger partial charge on any atom is -0.363 e. The first kappa shape index (κ1) is 29.3. The van der Waals surface area contributed by atoms with E-state index in [2.05, 4.69) is 193 Å². The molecule has 244 valence electrons. The third-order valence-electron chi connectivity index (χ3n) is 11.8. The van der Waals surface area contributed by atoms with Crippen molar-refractivity contribution in [2.75, 3.05) is 4.90 Å². The van der Waals surface area contributed by atoms with Crippen LogP contribution in [-0.2, 0) is 18.5 Å². The maximum atomic E-state index is 2.55. The molecule has 2 aliphatic rings. The zero-order valence-electron chi connectivity index (χ0n) is 28.8. The molecule has 0 atom stereocenters. The van der Waals surface area contributed by atoms with E-state index in [0.717, 1.165) is 13.1 Å². The summed E-state index contributed by atoms with van der Waals surface area (Å²) < 4.78 is 0. The third kappa shape index (κ3) is 4.05. The Bertz CT molecular complexity index is 2770. The minimum absolute atomic E-state index is 0.316. The molecule has 1 spiro atoms. The first-order valence-electron chi connectivity index (χ1n) is 18.3. The first-order valence-corrected chi connectivity index (χ1v) is 18.3. The monoisotopic (exact) mass is 661 g/mol. The van der Waals surface area contributed by atoms with Gasteiger partial charge in [-0.2, -0.15) is 0 Å². The quantitative estimate of drug-likeness (QED) is 0.166. The summed E-state index contributed by atoms with van der Waals surface area (Å²) in [6, 6.07) is 70.1. The van der Waals surface area contributed by atoms with E-state index >= 15 is 0 Å². The van der Waals surface area contributed by atoms with Crippen molar-refractivity contribution in [3.8, 4) is 22.3 Å². The van der Waals surface area contributed by atoms with Crippen molar-refractivity contribution in [2.45, 2.75) is 18.5 Å². The number of para-hydroxylation sites is 1. The summed E-state index contributed by atoms with van der Waals surface area (Å²) in [5.74, 6) is 0. The van der Waals surface area contributed by atoms with Gasteiger partial charge in [-0.25, -0.2) is 0 Å². The van der Waals surface area contributed by atoms with Crippen molar-refractivity contribution in [2.24, 2.45) is 0 Å². The van der Waals surface area contributed by atoms with Gasteiger partial charge in [-0.15, -0.1) is 0 Å². The van der Waals surface area contributed by atoms with Gasteiger partial charge in [0.15, 0.2) is 0 Å². The van der Waals surface area contributed by atoms with E-state index < -0.39 is 0 Å². The summed E-state index contributed by atoms with van der Waals surface area (Å²) in [6.45, 7) is 1.59. The normalized spacial score (nSPS) is 13.3. The van der Waals surface area contributed by atoms with E-state index in [1.165, 1.54) is 93.6 Å². The molecule has 2 aliphatic carbocycles. The Balaban J connectivity index is 1.07. The van der Waals surface area contributed by atoms with Gasteiger partial charge in [0, 0.05) is 18.8 Å². The lowest BCUT2D eigenvalue weighted by atomic mass is 9.70. The molecule has 0 saturated heterocycles. The fourth-order valence-electron chi connectivity index (χ4n) is 9.71. The second-order valence-corrected chi connectivity index (χ2v) is 14.4. The van der Waals surface area contributed by atoms with Crippen LogP contribution in [0.2, 0.25) is 0 Å². The number of fused-ring (bicyclic) bond motifs is 16. The van der Waals surface area contributed by atoms with E-state index in [0.29, 0.717) is 0 Å². The van der Waals surface area contributed by atoms with Gasteiger partial charge < -0.3 is 4.90 Å². The maximum Gasteiger partial charge on any atom is 0.0725 e. The summed E-state index contributed by atoms with van der Waals surface area (Å²) in [6.07, 6.45) is 0. The molecule has 0 heterocycles. The Kier molecular flexibility index (Phi) is 6.36. The van der Waals surface area contributed by atoms with Crippen LogP contribution in [0, 0.1) is 0 Å². The van der Waals surface area contributed by atoms with Crippen LogP contribution in [0.15, 0.2) is 188 Å². The molecule has 11 rings (SSSR count). The highest BCUT2D eigenvalue weighted by atomic mass is 15.1. The van der Waals surface area contributed by atoms with Gasteiger partial charge in [0.05, 0.1) is 5.41 Å². The van der Waals surface area contributed by atoms with Crippen molar-refractivity contribution >= 4 is 38.0 Å². The van der Waals surface area contributed by atoms with Crippen molar-refractivity contribution in [1.29, 1.82) is 0 Å². The Morgan fingerprint density at radius 1 is 0.346 bits per heavy atom. The number of anilines is 1. The van der Waals surface area contributed by atoms with Gasteiger partial charge >= 0.3 is 0 Å². The lowest BCUT2D eigenvalue weighted by Gasteiger charge is -2.30. The smallest absolute Gasteiger partial charge is 0.0725 e. The van der Waals surface area contributed by atoms with E-state index in [4.69, 9.17) is 0 Å². The van der Waals surface area contributed by atoms with Crippen molar-refractivity contribution in [1.82, 2.24) is 0 Å². The Labute approximate surface area is 304 Å². The molecule has 0 aliphatic heterocycles. The van der Waals surface area contributed by atoms with Crippen LogP contribution in [0.1, 0.15) is 33.4 Å². The van der Waals surface area contributed by atoms with Crippen molar-refractivity contribution in [3.63, 3.8) is 0 Å². The lowest BCUT2D eigenvalue weighted by molar-refractivity contribution is 0.787. The molecule has 1 nitrogen and oxygen atoms in total. The molecule has 0 amide bonds. The van der Waals surface area contributed by atoms with Crippen LogP contribution in [0.4, 0.5) is 5.69 Å². The second kappa shape index (κ2) is 11.3. The maximum absolute atomic E-state index is 2.55. The van der Waals surface area contributed by atoms with E-state index in [-0.39, 0.29) is 5.41 Å². The molecule has 0 bridgehead atoms. The number of rotatable bonds is 5. The second-order valence-electron chi connectivity index (χ2n) is 14.4. The fourth-order valence-corrected chi connectivity index (χ4v) is 9.71. The topological polar surface area (TPSA) is 3.24 Å². The summed E-state index contributed by atoms with van der Waals surface area (Å²) in [5.41, 5.74) is 14.5. The molecule has 9 aromatic rings. The molecule has 0 fully saturated rings. The lowest BCUT2D eigenvalue weighted by Crippen LogP contribution is -2.26. The zero-order valence-corrected chi connectivity index (χ0v) is 28.8. The first-order chi connectivity index (χ1) is 25.8.